The highest BCUT2D eigenvalue weighted by atomic mass is 32.1. The lowest BCUT2D eigenvalue weighted by Gasteiger charge is -2.28. The predicted molar refractivity (Wildman–Crippen MR) is 82.3 cm³/mol. The molecule has 2 bridgehead atoms. The third-order valence-corrected chi connectivity index (χ3v) is 5.04. The molecule has 2 N–H and O–H groups in total. The third kappa shape index (κ3) is 2.59. The molecule has 0 spiro atoms. The number of hydrogen-bond donors (Lipinski definition) is 1. The number of hydrogen-bond acceptors (Lipinski definition) is 3. The molecule has 0 radical (unpaired) electrons. The van der Waals surface area contributed by atoms with Crippen LogP contribution in [0.1, 0.15) is 31.4 Å². The van der Waals surface area contributed by atoms with Crippen molar-refractivity contribution in [1.82, 2.24) is 4.98 Å². The molecule has 2 saturated carbocycles. The fourth-order valence-corrected chi connectivity index (χ4v) is 3.96. The van der Waals surface area contributed by atoms with Crippen molar-refractivity contribution in [3.05, 3.63) is 24.0 Å². The average Bonchev–Trinajstić information content (AvgIpc) is 3.01. The topological polar surface area (TPSA) is 42.2 Å². The number of anilines is 1. The Morgan fingerprint density at radius 2 is 2.32 bits per heavy atom. The smallest absolute Gasteiger partial charge is 0.122 e. The molecule has 1 aromatic rings. The molecular formula is C15H21N3S. The lowest BCUT2D eigenvalue weighted by atomic mass is 9.88. The number of nitrogens with two attached hydrogens (primary N) is 1. The van der Waals surface area contributed by atoms with Crippen LogP contribution in [0.2, 0.25) is 0 Å². The first-order chi connectivity index (χ1) is 9.13. The molecule has 3 unspecified atom stereocenters. The van der Waals surface area contributed by atoms with Crippen LogP contribution in [0.25, 0.3) is 0 Å². The van der Waals surface area contributed by atoms with Crippen LogP contribution >= 0.6 is 12.2 Å². The van der Waals surface area contributed by atoms with Gasteiger partial charge in [-0.3, -0.25) is 4.98 Å². The van der Waals surface area contributed by atoms with Crippen LogP contribution in [0.4, 0.5) is 5.69 Å². The minimum Gasteiger partial charge on any atom is -0.388 e. The SMILES string of the molecule is CN(CC1CC2CCC1C2)c1ccnc(C(N)=S)c1. The van der Waals surface area contributed by atoms with E-state index in [1.807, 2.05) is 12.1 Å². The largest absolute Gasteiger partial charge is 0.388 e. The normalized spacial score (nSPS) is 28.6. The molecule has 3 rings (SSSR count). The highest BCUT2D eigenvalue weighted by molar-refractivity contribution is 7.80. The van der Waals surface area contributed by atoms with E-state index in [2.05, 4.69) is 16.9 Å². The summed E-state index contributed by atoms with van der Waals surface area (Å²) < 4.78 is 0. The molecule has 2 aliphatic carbocycles. The number of nitrogens with zero attached hydrogens (tertiary/aromatic N) is 2. The molecule has 3 atom stereocenters. The van der Waals surface area contributed by atoms with Crippen molar-refractivity contribution in [2.24, 2.45) is 23.5 Å². The van der Waals surface area contributed by atoms with E-state index in [4.69, 9.17) is 18.0 Å². The Balaban J connectivity index is 1.68. The van der Waals surface area contributed by atoms with E-state index < -0.39 is 0 Å². The average molecular weight is 275 g/mol. The molecule has 0 aliphatic heterocycles. The van der Waals surface area contributed by atoms with Crippen LogP contribution in [0.3, 0.4) is 0 Å². The molecule has 0 saturated heterocycles. The number of aromatic nitrogens is 1. The Hall–Kier alpha value is -1.16. The van der Waals surface area contributed by atoms with Crippen molar-refractivity contribution < 1.29 is 0 Å². The van der Waals surface area contributed by atoms with Gasteiger partial charge in [-0.05, 0) is 49.1 Å². The van der Waals surface area contributed by atoms with Gasteiger partial charge >= 0.3 is 0 Å². The summed E-state index contributed by atoms with van der Waals surface area (Å²) in [5.41, 5.74) is 7.53. The van der Waals surface area contributed by atoms with Crippen molar-refractivity contribution >= 4 is 22.9 Å². The van der Waals surface area contributed by atoms with E-state index >= 15 is 0 Å². The second-order valence-corrected chi connectivity index (χ2v) is 6.52. The van der Waals surface area contributed by atoms with Gasteiger partial charge in [-0.1, -0.05) is 18.6 Å². The standard InChI is InChI=1S/C15H21N3S/c1-18(9-12-7-10-2-3-11(12)6-10)13-4-5-17-14(8-13)15(16)19/h4-5,8,10-12H,2-3,6-7,9H2,1H3,(H2,16,19). The Morgan fingerprint density at radius 1 is 1.47 bits per heavy atom. The molecule has 102 valence electrons. The molecule has 0 amide bonds. The first-order valence-corrected chi connectivity index (χ1v) is 7.51. The summed E-state index contributed by atoms with van der Waals surface area (Å²) in [6.07, 6.45) is 7.58. The summed E-state index contributed by atoms with van der Waals surface area (Å²) in [6, 6.07) is 4.03. The highest BCUT2D eigenvalue weighted by Gasteiger charge is 2.39. The van der Waals surface area contributed by atoms with Crippen LogP contribution in [-0.2, 0) is 0 Å². The molecule has 2 fully saturated rings. The summed E-state index contributed by atoms with van der Waals surface area (Å²) in [7, 11) is 2.16. The highest BCUT2D eigenvalue weighted by Crippen LogP contribution is 2.48. The molecule has 1 aromatic heterocycles. The van der Waals surface area contributed by atoms with Gasteiger partial charge in [0.2, 0.25) is 0 Å². The van der Waals surface area contributed by atoms with Crippen molar-refractivity contribution in [1.29, 1.82) is 0 Å². The Labute approximate surface area is 120 Å². The van der Waals surface area contributed by atoms with Crippen LogP contribution in [0.15, 0.2) is 18.3 Å². The van der Waals surface area contributed by atoms with E-state index in [1.54, 1.807) is 6.20 Å². The fraction of sp³-hybridized carbons (Fsp3) is 0.600. The maximum atomic E-state index is 5.65. The Kier molecular flexibility index (Phi) is 3.44. The Bertz CT molecular complexity index is 488. The molecule has 19 heavy (non-hydrogen) atoms. The van der Waals surface area contributed by atoms with E-state index in [9.17, 15) is 0 Å². The van der Waals surface area contributed by atoms with Gasteiger partial charge in [-0.25, -0.2) is 0 Å². The summed E-state index contributed by atoms with van der Waals surface area (Å²) in [5.74, 6) is 2.84. The minimum atomic E-state index is 0.371. The zero-order chi connectivity index (χ0) is 13.4. The predicted octanol–water partition coefficient (Wildman–Crippen LogP) is 2.59. The number of thiocarbonyl (C=S) groups is 1. The van der Waals surface area contributed by atoms with Gasteiger partial charge < -0.3 is 10.6 Å². The van der Waals surface area contributed by atoms with E-state index in [-0.39, 0.29) is 0 Å². The molecule has 3 nitrogen and oxygen atoms in total. The number of fused-ring (bicyclic) bond motifs is 2. The van der Waals surface area contributed by atoms with Crippen molar-refractivity contribution in [2.45, 2.75) is 25.7 Å². The second-order valence-electron chi connectivity index (χ2n) is 6.08. The summed E-state index contributed by atoms with van der Waals surface area (Å²) >= 11 is 4.99. The Morgan fingerprint density at radius 3 is 2.95 bits per heavy atom. The van der Waals surface area contributed by atoms with Gasteiger partial charge in [-0.15, -0.1) is 0 Å². The second kappa shape index (κ2) is 5.08. The maximum Gasteiger partial charge on any atom is 0.122 e. The molecule has 0 aromatic carbocycles. The summed E-state index contributed by atoms with van der Waals surface area (Å²) in [6.45, 7) is 1.14. The quantitative estimate of drug-likeness (QED) is 0.858. The van der Waals surface area contributed by atoms with Crippen molar-refractivity contribution in [3.63, 3.8) is 0 Å². The molecule has 2 aliphatic rings. The van der Waals surface area contributed by atoms with Crippen LogP contribution in [-0.4, -0.2) is 23.6 Å². The first-order valence-electron chi connectivity index (χ1n) is 7.10. The van der Waals surface area contributed by atoms with Gasteiger partial charge in [0.15, 0.2) is 0 Å². The van der Waals surface area contributed by atoms with Gasteiger partial charge in [0.05, 0.1) is 5.69 Å². The maximum absolute atomic E-state index is 5.65. The van der Waals surface area contributed by atoms with Gasteiger partial charge in [0.1, 0.15) is 4.99 Å². The minimum absolute atomic E-state index is 0.371. The fourth-order valence-electron chi connectivity index (χ4n) is 3.85. The third-order valence-electron chi connectivity index (χ3n) is 4.83. The zero-order valence-corrected chi connectivity index (χ0v) is 12.2. The zero-order valence-electron chi connectivity index (χ0n) is 11.4. The first kappa shape index (κ1) is 12.9. The summed E-state index contributed by atoms with van der Waals surface area (Å²) in [5, 5.41) is 0. The summed E-state index contributed by atoms with van der Waals surface area (Å²) in [4.78, 5) is 6.90. The lowest BCUT2D eigenvalue weighted by molar-refractivity contribution is 0.337. The van der Waals surface area contributed by atoms with E-state index in [0.29, 0.717) is 10.7 Å². The monoisotopic (exact) mass is 275 g/mol. The van der Waals surface area contributed by atoms with Crippen LogP contribution < -0.4 is 10.6 Å². The van der Waals surface area contributed by atoms with Gasteiger partial charge in [0.25, 0.3) is 0 Å². The van der Waals surface area contributed by atoms with Gasteiger partial charge in [-0.2, -0.15) is 0 Å². The van der Waals surface area contributed by atoms with E-state index in [1.165, 1.54) is 31.4 Å². The molecular weight excluding hydrogens is 254 g/mol. The van der Waals surface area contributed by atoms with Crippen LogP contribution in [0.5, 0.6) is 0 Å². The van der Waals surface area contributed by atoms with Gasteiger partial charge in [0, 0.05) is 25.5 Å². The number of pyridine rings is 1. The lowest BCUT2D eigenvalue weighted by Crippen LogP contribution is -2.28. The molecule has 4 heteroatoms. The number of rotatable bonds is 4. The van der Waals surface area contributed by atoms with Crippen molar-refractivity contribution in [3.8, 4) is 0 Å². The molecule has 1 heterocycles. The van der Waals surface area contributed by atoms with Crippen molar-refractivity contribution in [2.75, 3.05) is 18.5 Å². The van der Waals surface area contributed by atoms with Crippen LogP contribution in [0, 0.1) is 17.8 Å². The van der Waals surface area contributed by atoms with E-state index in [0.717, 1.165) is 24.3 Å².